The summed E-state index contributed by atoms with van der Waals surface area (Å²) in [4.78, 5) is 0. The monoisotopic (exact) mass is 1740 g/mol. The summed E-state index contributed by atoms with van der Waals surface area (Å²) in [6.07, 6.45) is 170. The number of rotatable bonds is 115. The molecule has 124 heavy (non-hydrogen) atoms. The first-order valence-electron chi connectivity index (χ1n) is 61.1. The van der Waals surface area contributed by atoms with Crippen LogP contribution in [0.2, 0.25) is 0 Å². The van der Waals surface area contributed by atoms with Gasteiger partial charge in [-0.3, -0.25) is 0 Å². The van der Waals surface area contributed by atoms with Crippen molar-refractivity contribution in [1.29, 1.82) is 0 Å². The zero-order valence-corrected chi connectivity index (χ0v) is 88.9. The zero-order chi connectivity index (χ0) is 89.2. The predicted molar refractivity (Wildman–Crippen MR) is 574 cm³/mol. The number of unbranched alkanes of at least 4 members (excludes halogenated alkanes) is 97. The van der Waals surface area contributed by atoms with Crippen LogP contribution < -0.4 is 0 Å². The lowest BCUT2D eigenvalue weighted by atomic mass is 9.47. The molecule has 0 aromatic heterocycles. The van der Waals surface area contributed by atoms with E-state index in [-0.39, 0.29) is 0 Å². The topological polar surface area (TPSA) is 0 Å². The van der Waals surface area contributed by atoms with Crippen molar-refractivity contribution in [3.8, 4) is 0 Å². The molecule has 0 saturated carbocycles. The molecule has 2 atom stereocenters. The van der Waals surface area contributed by atoms with Crippen LogP contribution in [0.25, 0.3) is 0 Å². The molecule has 0 nitrogen and oxygen atoms in total. The highest BCUT2D eigenvalue weighted by molar-refractivity contribution is 5.15. The van der Waals surface area contributed by atoms with Crippen LogP contribution in [0.4, 0.5) is 0 Å². The molecule has 0 N–H and O–H groups in total. The molecule has 0 bridgehead atoms. The van der Waals surface area contributed by atoms with E-state index < -0.39 is 0 Å². The van der Waals surface area contributed by atoms with Crippen LogP contribution in [0.3, 0.4) is 0 Å². The number of hydrogen-bond acceptors (Lipinski definition) is 0. The van der Waals surface area contributed by atoms with E-state index in [2.05, 4.69) is 66.5 Å². The number of allylic oxidation sites excluding steroid dienone is 2. The van der Waals surface area contributed by atoms with Crippen LogP contribution in [-0.2, 0) is 0 Å². The Morgan fingerprint density at radius 2 is 0.234 bits per heavy atom. The Hall–Kier alpha value is -0.260. The average molecular weight is 1740 g/mol. The molecule has 0 spiro atoms. The molecule has 0 rings (SSSR count). The van der Waals surface area contributed by atoms with Gasteiger partial charge in [0.1, 0.15) is 0 Å². The Morgan fingerprint density at radius 3 is 0.379 bits per heavy atom. The van der Waals surface area contributed by atoms with Gasteiger partial charge in [0, 0.05) is 0 Å². The predicted octanol–water partition coefficient (Wildman–Crippen LogP) is 47.9. The van der Waals surface area contributed by atoms with Crippen molar-refractivity contribution in [2.24, 2.45) is 10.8 Å². The first kappa shape index (κ1) is 124. The lowest BCUT2D eigenvalue weighted by molar-refractivity contribution is -0.0175. The van der Waals surface area contributed by atoms with Gasteiger partial charge in [-0.1, -0.05) is 709 Å². The molecule has 0 aliphatic carbocycles. The second-order valence-corrected chi connectivity index (χ2v) is 43.2. The van der Waals surface area contributed by atoms with Crippen LogP contribution in [0.15, 0.2) is 12.2 Å². The maximum absolute atomic E-state index is 2.57. The van der Waals surface area contributed by atoms with Gasteiger partial charge in [0.05, 0.1) is 0 Å². The molecule has 0 amide bonds. The second kappa shape index (κ2) is 110. The summed E-state index contributed by atoms with van der Waals surface area (Å²) in [5, 5.41) is 0. The molecule has 743 valence electrons. The first-order valence-corrected chi connectivity index (χ1v) is 61.1. The Kier molecular flexibility index (Phi) is 110. The van der Waals surface area contributed by atoms with Crippen LogP contribution in [0.1, 0.15) is 768 Å². The highest BCUT2D eigenvalue weighted by atomic mass is 14.6. The summed E-state index contributed by atoms with van der Waals surface area (Å²) in [6, 6.07) is 0. The van der Waals surface area contributed by atoms with Gasteiger partial charge in [0.25, 0.3) is 0 Å². The van der Waals surface area contributed by atoms with Crippen molar-refractivity contribution >= 4 is 0 Å². The summed E-state index contributed by atoms with van der Waals surface area (Å²) in [5.41, 5.74) is 0.860. The van der Waals surface area contributed by atoms with Gasteiger partial charge in [-0.05, 0) is 87.4 Å². The molecule has 0 heteroatoms. The Labute approximate surface area is 791 Å². The molecule has 0 aromatic carbocycles. The summed E-state index contributed by atoms with van der Waals surface area (Å²) >= 11 is 0. The van der Waals surface area contributed by atoms with Crippen LogP contribution in [0.5, 0.6) is 0 Å². The largest absolute Gasteiger partial charge is 0.0885 e. The van der Waals surface area contributed by atoms with E-state index in [4.69, 9.17) is 0 Å². The van der Waals surface area contributed by atoms with Crippen molar-refractivity contribution in [3.63, 3.8) is 0 Å². The van der Waals surface area contributed by atoms with E-state index in [1.54, 1.807) is 32.1 Å². The molecule has 0 aliphatic rings. The third-order valence-electron chi connectivity index (χ3n) is 31.2. The standard InChI is InChI=1S/C124H247/c1-8-15-22-29-36-43-50-56-61-65-67-68-70-73-77-82-88-95-102-109-116-122(115-108-101-94-87-81-76-72-69-66-62-57-51-44-37-30-23-16-9-2)124(120-113-106-99-92-85-79-60-54-47-40-33-26-19-12-5,121-114-107-100-93-86-80-75-64-59-53-46-39-32-25-18-11-4)123(117-110-103-96-89-49-42-35-28-21-14-7,118-111-104-97-90-83-55-48-41-34-27-20-13-6)119-112-105-98-91-84-78-74-71-63-58-52-45-38-31-24-17-10-3/h58,63H,8-57,59-62,64-121H2,1-7H3/b63-58-. The Bertz CT molecular complexity index is 1850. The fraction of sp³-hybridized carbons (Fsp3) is 0.976. The quantitative estimate of drug-likeness (QED) is 0.0421. The van der Waals surface area contributed by atoms with Crippen LogP contribution in [0, 0.1) is 16.7 Å². The molecule has 2 unspecified atom stereocenters. The van der Waals surface area contributed by atoms with E-state index in [9.17, 15) is 0 Å². The average Bonchev–Trinajstić information content (AvgIpc) is 0.748. The Balaban J connectivity index is 7.69. The zero-order valence-electron chi connectivity index (χ0n) is 88.9. The fourth-order valence-electron chi connectivity index (χ4n) is 22.7. The van der Waals surface area contributed by atoms with Crippen LogP contribution in [-0.4, -0.2) is 0 Å². The van der Waals surface area contributed by atoms with Crippen molar-refractivity contribution in [3.05, 3.63) is 18.1 Å². The van der Waals surface area contributed by atoms with Gasteiger partial charge in [-0.25, -0.2) is 0 Å². The minimum absolute atomic E-state index is 0.405. The van der Waals surface area contributed by atoms with Crippen molar-refractivity contribution in [2.75, 3.05) is 0 Å². The summed E-state index contributed by atoms with van der Waals surface area (Å²) < 4.78 is 0. The van der Waals surface area contributed by atoms with Gasteiger partial charge in [0.15, 0.2) is 0 Å². The molecule has 0 fully saturated rings. The van der Waals surface area contributed by atoms with E-state index >= 15 is 0 Å². The first-order chi connectivity index (χ1) is 61.6. The van der Waals surface area contributed by atoms with Crippen molar-refractivity contribution in [1.82, 2.24) is 0 Å². The SMILES string of the molecule is CCCCCCCC/C=C\CCCCCCCCCC(CCCCCCCCCCCC)(CCCCCCCCCCCCCC)C(CCCCCCCCCCCCCCCC)(CCCCCCCCCCCCCCCCCC)[C](CCCCCCCCCCCCCCCCCCCC)CCCCCCCCCCCCCCCCCCCCCC. The lowest BCUT2D eigenvalue weighted by Crippen LogP contribution is -2.47. The summed E-state index contributed by atoms with van der Waals surface area (Å²) in [6.45, 7) is 16.6. The molecule has 1 radical (unpaired) electrons. The lowest BCUT2D eigenvalue weighted by Gasteiger charge is -2.57. The van der Waals surface area contributed by atoms with Gasteiger partial charge in [-0.15, -0.1) is 0 Å². The smallest absolute Gasteiger partial charge is 0.0174 e. The summed E-state index contributed by atoms with van der Waals surface area (Å²) in [5.74, 6) is 2.23. The number of hydrogen-bond donors (Lipinski definition) is 0. The second-order valence-electron chi connectivity index (χ2n) is 43.2. The normalized spacial score (nSPS) is 13.0. The third kappa shape index (κ3) is 89.6. The molecular formula is C124H247. The van der Waals surface area contributed by atoms with Gasteiger partial charge in [0.2, 0.25) is 0 Å². The molecule has 0 aliphatic heterocycles. The summed E-state index contributed by atoms with van der Waals surface area (Å²) in [7, 11) is 0. The third-order valence-corrected chi connectivity index (χ3v) is 31.2. The van der Waals surface area contributed by atoms with Gasteiger partial charge >= 0.3 is 0 Å². The van der Waals surface area contributed by atoms with Crippen molar-refractivity contribution in [2.45, 2.75) is 768 Å². The minimum Gasteiger partial charge on any atom is -0.0885 e. The van der Waals surface area contributed by atoms with E-state index in [0.717, 1.165) is 0 Å². The van der Waals surface area contributed by atoms with Crippen molar-refractivity contribution < 1.29 is 0 Å². The minimum atomic E-state index is 0.405. The maximum Gasteiger partial charge on any atom is -0.0174 e. The van der Waals surface area contributed by atoms with Crippen LogP contribution >= 0.6 is 0 Å². The fourth-order valence-corrected chi connectivity index (χ4v) is 22.7. The van der Waals surface area contributed by atoms with Gasteiger partial charge in [-0.2, -0.15) is 0 Å². The Morgan fingerprint density at radius 1 is 0.121 bits per heavy atom. The molecule has 0 aromatic rings. The van der Waals surface area contributed by atoms with Gasteiger partial charge < -0.3 is 0 Å². The molecule has 0 saturated heterocycles. The molecular weight excluding hydrogens is 1490 g/mol. The van der Waals surface area contributed by atoms with E-state index in [1.807, 2.05) is 0 Å². The van der Waals surface area contributed by atoms with E-state index in [0.29, 0.717) is 10.8 Å². The highest BCUT2D eigenvalue weighted by Crippen LogP contribution is 2.63. The highest BCUT2D eigenvalue weighted by Gasteiger charge is 2.53. The molecule has 0 heterocycles. The maximum atomic E-state index is 2.57. The van der Waals surface area contributed by atoms with E-state index in [1.165, 1.54) is 687 Å².